The highest BCUT2D eigenvalue weighted by Crippen LogP contribution is 2.28. The number of hydrogen-bond donors (Lipinski definition) is 1. The van der Waals surface area contributed by atoms with Gasteiger partial charge in [-0.2, -0.15) is 0 Å². The van der Waals surface area contributed by atoms with E-state index in [0.717, 1.165) is 5.52 Å². The zero-order valence-corrected chi connectivity index (χ0v) is 9.79. The van der Waals surface area contributed by atoms with Crippen LogP contribution in [0, 0.1) is 5.92 Å². The van der Waals surface area contributed by atoms with E-state index in [1.54, 1.807) is 11.3 Å². The van der Waals surface area contributed by atoms with Crippen LogP contribution in [0.3, 0.4) is 0 Å². The van der Waals surface area contributed by atoms with Crippen molar-refractivity contribution in [3.05, 3.63) is 29.3 Å². The summed E-state index contributed by atoms with van der Waals surface area (Å²) in [4.78, 5) is 4.25. The van der Waals surface area contributed by atoms with Crippen molar-refractivity contribution in [1.29, 1.82) is 0 Å². The molecule has 1 aromatic carbocycles. The van der Waals surface area contributed by atoms with E-state index >= 15 is 0 Å². The molecule has 15 heavy (non-hydrogen) atoms. The Morgan fingerprint density at radius 1 is 1.40 bits per heavy atom. The minimum absolute atomic E-state index is 0.210. The van der Waals surface area contributed by atoms with Crippen LogP contribution in [0.25, 0.3) is 10.2 Å². The van der Waals surface area contributed by atoms with Gasteiger partial charge in [0.1, 0.15) is 0 Å². The van der Waals surface area contributed by atoms with E-state index < -0.39 is 0 Å². The molecule has 0 spiro atoms. The maximum atomic E-state index is 9.36. The summed E-state index contributed by atoms with van der Waals surface area (Å²) in [6, 6.07) is 6.25. The second-order valence-corrected chi connectivity index (χ2v) is 5.00. The minimum Gasteiger partial charge on any atom is -0.396 e. The molecule has 0 bridgehead atoms. The lowest BCUT2D eigenvalue weighted by Gasteiger charge is -2.18. The van der Waals surface area contributed by atoms with Gasteiger partial charge in [-0.1, -0.05) is 19.9 Å². The van der Waals surface area contributed by atoms with Gasteiger partial charge in [0.25, 0.3) is 0 Å². The molecule has 1 N–H and O–H groups in total. The highest BCUT2D eigenvalue weighted by molar-refractivity contribution is 7.16. The Bertz CT molecular complexity index is 450. The fourth-order valence-electron chi connectivity index (χ4n) is 1.80. The lowest BCUT2D eigenvalue weighted by molar-refractivity contribution is 0.237. The Kier molecular flexibility index (Phi) is 3.03. The van der Waals surface area contributed by atoms with E-state index in [4.69, 9.17) is 0 Å². The van der Waals surface area contributed by atoms with E-state index in [-0.39, 0.29) is 12.5 Å². The second kappa shape index (κ2) is 4.29. The third-order valence-corrected chi connectivity index (χ3v) is 3.58. The molecule has 3 heteroatoms. The Morgan fingerprint density at radius 3 is 2.87 bits per heavy atom. The quantitative estimate of drug-likeness (QED) is 0.864. The highest BCUT2D eigenvalue weighted by atomic mass is 32.1. The van der Waals surface area contributed by atoms with Gasteiger partial charge < -0.3 is 5.11 Å². The molecule has 0 saturated carbocycles. The van der Waals surface area contributed by atoms with E-state index in [9.17, 15) is 5.11 Å². The molecule has 0 aliphatic heterocycles. The van der Waals surface area contributed by atoms with Crippen molar-refractivity contribution in [2.75, 3.05) is 6.61 Å². The van der Waals surface area contributed by atoms with E-state index in [1.807, 2.05) is 11.6 Å². The Balaban J connectivity index is 2.41. The summed E-state index contributed by atoms with van der Waals surface area (Å²) in [5.41, 5.74) is 4.12. The lowest BCUT2D eigenvalue weighted by atomic mass is 9.89. The van der Waals surface area contributed by atoms with Crippen molar-refractivity contribution in [3.63, 3.8) is 0 Å². The number of thiazole rings is 1. The maximum Gasteiger partial charge on any atom is 0.0812 e. The average Bonchev–Trinajstić information content (AvgIpc) is 2.65. The summed E-state index contributed by atoms with van der Waals surface area (Å²) in [5.74, 6) is 0.692. The van der Waals surface area contributed by atoms with Gasteiger partial charge in [0.2, 0.25) is 0 Å². The molecule has 1 aromatic heterocycles. The number of hydrogen-bond acceptors (Lipinski definition) is 3. The van der Waals surface area contributed by atoms with Gasteiger partial charge in [-0.15, -0.1) is 11.3 Å². The average molecular weight is 221 g/mol. The van der Waals surface area contributed by atoms with Gasteiger partial charge in [0.05, 0.1) is 22.3 Å². The highest BCUT2D eigenvalue weighted by Gasteiger charge is 2.15. The number of rotatable bonds is 3. The number of benzene rings is 1. The predicted molar refractivity (Wildman–Crippen MR) is 64.3 cm³/mol. The summed E-state index contributed by atoms with van der Waals surface area (Å²) in [5, 5.41) is 9.36. The van der Waals surface area contributed by atoms with Gasteiger partial charge in [0.15, 0.2) is 0 Å². The van der Waals surface area contributed by atoms with Gasteiger partial charge in [-0.25, -0.2) is 4.98 Å². The van der Waals surface area contributed by atoms with Gasteiger partial charge in [-0.3, -0.25) is 0 Å². The first-order valence-electron chi connectivity index (χ1n) is 5.16. The van der Waals surface area contributed by atoms with Gasteiger partial charge in [-0.05, 0) is 23.6 Å². The summed E-state index contributed by atoms with van der Waals surface area (Å²) in [6.45, 7) is 4.48. The SMILES string of the molecule is CC(C)C(CO)c1ccc2ncsc2c1. The molecule has 0 amide bonds. The van der Waals surface area contributed by atoms with E-state index in [0.29, 0.717) is 5.92 Å². The molecule has 1 unspecified atom stereocenters. The fourth-order valence-corrected chi connectivity index (χ4v) is 2.53. The van der Waals surface area contributed by atoms with Crippen LogP contribution in [-0.4, -0.2) is 16.7 Å². The number of aromatic nitrogens is 1. The number of aliphatic hydroxyl groups excluding tert-OH is 1. The standard InChI is InChI=1S/C12H15NOS/c1-8(2)10(6-14)9-3-4-11-12(5-9)15-7-13-11/h3-5,7-8,10,14H,6H2,1-2H3. The van der Waals surface area contributed by atoms with Crippen molar-refractivity contribution < 1.29 is 5.11 Å². The number of fused-ring (bicyclic) bond motifs is 1. The smallest absolute Gasteiger partial charge is 0.0812 e. The summed E-state index contributed by atoms with van der Waals surface area (Å²) >= 11 is 1.65. The van der Waals surface area contributed by atoms with Gasteiger partial charge >= 0.3 is 0 Å². The van der Waals surface area contributed by atoms with Crippen molar-refractivity contribution in [2.24, 2.45) is 5.92 Å². The normalized spacial score (nSPS) is 13.6. The molecule has 2 nitrogen and oxygen atoms in total. The summed E-state index contributed by atoms with van der Waals surface area (Å²) in [7, 11) is 0. The third kappa shape index (κ3) is 2.03. The Morgan fingerprint density at radius 2 is 2.20 bits per heavy atom. The van der Waals surface area contributed by atoms with Crippen molar-refractivity contribution in [1.82, 2.24) is 4.98 Å². The first-order chi connectivity index (χ1) is 7.22. The zero-order chi connectivity index (χ0) is 10.8. The summed E-state index contributed by atoms with van der Waals surface area (Å²) in [6.07, 6.45) is 0. The molecule has 0 saturated heterocycles. The monoisotopic (exact) mass is 221 g/mol. The zero-order valence-electron chi connectivity index (χ0n) is 8.97. The molecule has 80 valence electrons. The van der Waals surface area contributed by atoms with Crippen LogP contribution in [-0.2, 0) is 0 Å². The van der Waals surface area contributed by atoms with Crippen LogP contribution in [0.4, 0.5) is 0 Å². The van der Waals surface area contributed by atoms with Gasteiger partial charge in [0, 0.05) is 5.92 Å². The Labute approximate surface area is 93.6 Å². The van der Waals surface area contributed by atoms with Crippen molar-refractivity contribution in [2.45, 2.75) is 19.8 Å². The summed E-state index contributed by atoms with van der Waals surface area (Å²) < 4.78 is 1.20. The van der Waals surface area contributed by atoms with Crippen LogP contribution >= 0.6 is 11.3 Å². The molecular weight excluding hydrogens is 206 g/mol. The molecule has 0 fully saturated rings. The molecule has 0 aliphatic carbocycles. The van der Waals surface area contributed by atoms with E-state index in [2.05, 4.69) is 31.0 Å². The molecular formula is C12H15NOS. The van der Waals surface area contributed by atoms with Crippen molar-refractivity contribution >= 4 is 21.6 Å². The molecule has 1 heterocycles. The second-order valence-electron chi connectivity index (χ2n) is 4.11. The third-order valence-electron chi connectivity index (χ3n) is 2.78. The molecule has 2 aromatic rings. The van der Waals surface area contributed by atoms with Crippen LogP contribution in [0.1, 0.15) is 25.3 Å². The van der Waals surface area contributed by atoms with Crippen LogP contribution in [0.5, 0.6) is 0 Å². The first-order valence-corrected chi connectivity index (χ1v) is 6.04. The fraction of sp³-hybridized carbons (Fsp3) is 0.417. The number of aliphatic hydroxyl groups is 1. The van der Waals surface area contributed by atoms with Crippen LogP contribution in [0.2, 0.25) is 0 Å². The Hall–Kier alpha value is -0.930. The maximum absolute atomic E-state index is 9.36. The topological polar surface area (TPSA) is 33.1 Å². The number of nitrogens with zero attached hydrogens (tertiary/aromatic N) is 1. The van der Waals surface area contributed by atoms with Crippen LogP contribution in [0.15, 0.2) is 23.7 Å². The van der Waals surface area contributed by atoms with Crippen molar-refractivity contribution in [3.8, 4) is 0 Å². The lowest BCUT2D eigenvalue weighted by Crippen LogP contribution is -2.10. The van der Waals surface area contributed by atoms with Crippen LogP contribution < -0.4 is 0 Å². The minimum atomic E-state index is 0.210. The molecule has 0 radical (unpaired) electrons. The molecule has 0 aliphatic rings. The first kappa shape index (κ1) is 10.6. The molecule has 1 atom stereocenters. The predicted octanol–water partition coefficient (Wildman–Crippen LogP) is 3.03. The molecule has 2 rings (SSSR count). The van der Waals surface area contributed by atoms with E-state index in [1.165, 1.54) is 10.3 Å². The largest absolute Gasteiger partial charge is 0.396 e.